The smallest absolute Gasteiger partial charge is 0.345 e. The van der Waals surface area contributed by atoms with Gasteiger partial charge in [-0.25, -0.2) is 4.79 Å². The minimum Gasteiger partial charge on any atom is -0.506 e. The van der Waals surface area contributed by atoms with Crippen LogP contribution < -0.4 is 10.5 Å². The van der Waals surface area contributed by atoms with Gasteiger partial charge in [0.25, 0.3) is 5.56 Å². The van der Waals surface area contributed by atoms with Crippen molar-refractivity contribution in [1.82, 2.24) is 4.98 Å². The summed E-state index contributed by atoms with van der Waals surface area (Å²) >= 11 is 0. The summed E-state index contributed by atoms with van der Waals surface area (Å²) < 4.78 is 0. The number of nitrogens with one attached hydrogen (secondary N) is 1. The Balaban J connectivity index is 2.71. The van der Waals surface area contributed by atoms with Crippen LogP contribution in [0, 0.1) is 0 Å². The molecule has 0 unspecified atom stereocenters. The molecule has 6 nitrogen and oxygen atoms in total. The predicted molar refractivity (Wildman–Crippen MR) is 90.2 cm³/mol. The number of nitrogens with zero attached hydrogens (tertiary/aromatic N) is 1. The first-order valence-electron chi connectivity index (χ1n) is 6.99. The zero-order valence-electron chi connectivity index (χ0n) is 13.1. The SMILES string of the molecule is CC=Cc1c(-c2ccc(N(C)C)cc2)[nH]c(=O)c(C(=O)O)c1O. The summed E-state index contributed by atoms with van der Waals surface area (Å²) in [5, 5.41) is 19.3. The standard InChI is InChI=1S/C17H18N2O4/c1-4-5-12-14(10-6-8-11(9-7-10)19(2)3)18-16(21)13(15(12)20)17(22)23/h4-9H,1-3H3,(H,22,23)(H2,18,20,21). The summed E-state index contributed by atoms with van der Waals surface area (Å²) in [5.74, 6) is -2.00. The van der Waals surface area contributed by atoms with E-state index in [0.717, 1.165) is 5.69 Å². The Kier molecular flexibility index (Phi) is 4.55. The highest BCUT2D eigenvalue weighted by Crippen LogP contribution is 2.31. The zero-order valence-corrected chi connectivity index (χ0v) is 13.1. The maximum atomic E-state index is 12.0. The first-order valence-corrected chi connectivity index (χ1v) is 6.99. The number of carboxylic acids is 1. The summed E-state index contributed by atoms with van der Waals surface area (Å²) in [5.41, 5.74) is 0.799. The number of benzene rings is 1. The number of H-pyrrole nitrogens is 1. The molecular formula is C17H18N2O4. The van der Waals surface area contributed by atoms with Crippen molar-refractivity contribution in [2.24, 2.45) is 0 Å². The number of aromatic carboxylic acids is 1. The summed E-state index contributed by atoms with van der Waals surface area (Å²) in [6.45, 7) is 1.74. The Hall–Kier alpha value is -3.02. The molecule has 6 heteroatoms. The third-order valence-corrected chi connectivity index (χ3v) is 3.45. The monoisotopic (exact) mass is 314 g/mol. The minimum atomic E-state index is -1.47. The van der Waals surface area contributed by atoms with E-state index in [1.807, 2.05) is 31.1 Å². The average molecular weight is 314 g/mol. The molecule has 1 heterocycles. The number of allylic oxidation sites excluding steroid dienone is 1. The van der Waals surface area contributed by atoms with Gasteiger partial charge in [0.05, 0.1) is 5.69 Å². The maximum absolute atomic E-state index is 12.0. The number of aromatic amines is 1. The molecule has 0 saturated carbocycles. The number of pyridine rings is 1. The van der Waals surface area contributed by atoms with Gasteiger partial charge in [0.15, 0.2) is 5.56 Å². The lowest BCUT2D eigenvalue weighted by Gasteiger charge is -2.14. The Labute approximate surface area is 133 Å². The van der Waals surface area contributed by atoms with Crippen molar-refractivity contribution < 1.29 is 15.0 Å². The van der Waals surface area contributed by atoms with Crippen molar-refractivity contribution >= 4 is 17.7 Å². The van der Waals surface area contributed by atoms with Crippen molar-refractivity contribution in [2.75, 3.05) is 19.0 Å². The van der Waals surface area contributed by atoms with Crippen LogP contribution in [0.1, 0.15) is 22.8 Å². The van der Waals surface area contributed by atoms with E-state index in [2.05, 4.69) is 4.98 Å². The van der Waals surface area contributed by atoms with E-state index in [1.165, 1.54) is 0 Å². The Morgan fingerprint density at radius 2 is 1.83 bits per heavy atom. The average Bonchev–Trinajstić information content (AvgIpc) is 2.49. The van der Waals surface area contributed by atoms with Crippen molar-refractivity contribution in [3.05, 3.63) is 51.8 Å². The summed E-state index contributed by atoms with van der Waals surface area (Å²) in [6, 6.07) is 7.34. The molecule has 0 bridgehead atoms. The Morgan fingerprint density at radius 3 is 2.30 bits per heavy atom. The molecule has 23 heavy (non-hydrogen) atoms. The predicted octanol–water partition coefficient (Wildman–Crippen LogP) is 2.54. The van der Waals surface area contributed by atoms with Gasteiger partial charge in [0.1, 0.15) is 5.75 Å². The fraction of sp³-hybridized carbons (Fsp3) is 0.176. The molecular weight excluding hydrogens is 296 g/mol. The second-order valence-corrected chi connectivity index (χ2v) is 5.21. The lowest BCUT2D eigenvalue weighted by molar-refractivity contribution is 0.0691. The van der Waals surface area contributed by atoms with E-state index < -0.39 is 22.8 Å². The van der Waals surface area contributed by atoms with E-state index in [-0.39, 0.29) is 5.56 Å². The number of carbonyl (C=O) groups is 1. The van der Waals surface area contributed by atoms with E-state index in [1.54, 1.807) is 31.2 Å². The maximum Gasteiger partial charge on any atom is 0.345 e. The molecule has 2 rings (SSSR count). The Bertz CT molecular complexity index is 818. The van der Waals surface area contributed by atoms with E-state index >= 15 is 0 Å². The van der Waals surface area contributed by atoms with Crippen LogP contribution in [-0.2, 0) is 0 Å². The quantitative estimate of drug-likeness (QED) is 0.806. The Morgan fingerprint density at radius 1 is 1.22 bits per heavy atom. The van der Waals surface area contributed by atoms with E-state index in [4.69, 9.17) is 5.11 Å². The van der Waals surface area contributed by atoms with Crippen LogP contribution in [0.3, 0.4) is 0 Å². The van der Waals surface area contributed by atoms with Gasteiger partial charge >= 0.3 is 5.97 Å². The highest BCUT2D eigenvalue weighted by Gasteiger charge is 2.21. The third-order valence-electron chi connectivity index (χ3n) is 3.45. The minimum absolute atomic E-state index is 0.266. The highest BCUT2D eigenvalue weighted by atomic mass is 16.4. The topological polar surface area (TPSA) is 93.6 Å². The van der Waals surface area contributed by atoms with Crippen molar-refractivity contribution in [2.45, 2.75) is 6.92 Å². The van der Waals surface area contributed by atoms with Crippen LogP contribution in [0.5, 0.6) is 5.75 Å². The number of hydrogen-bond acceptors (Lipinski definition) is 4. The highest BCUT2D eigenvalue weighted by molar-refractivity contribution is 5.93. The van der Waals surface area contributed by atoms with Gasteiger partial charge in [0, 0.05) is 25.3 Å². The second-order valence-electron chi connectivity index (χ2n) is 5.21. The molecule has 0 aliphatic rings. The fourth-order valence-corrected chi connectivity index (χ4v) is 2.29. The largest absolute Gasteiger partial charge is 0.506 e. The zero-order chi connectivity index (χ0) is 17.1. The van der Waals surface area contributed by atoms with Crippen LogP contribution in [0.25, 0.3) is 17.3 Å². The normalized spacial score (nSPS) is 10.9. The van der Waals surface area contributed by atoms with Crippen molar-refractivity contribution in [1.29, 1.82) is 0 Å². The van der Waals surface area contributed by atoms with Gasteiger partial charge in [-0.05, 0) is 24.6 Å². The number of aromatic hydroxyl groups is 1. The van der Waals surface area contributed by atoms with Crippen LogP contribution in [0.4, 0.5) is 5.69 Å². The molecule has 0 amide bonds. The lowest BCUT2D eigenvalue weighted by atomic mass is 10.0. The molecule has 3 N–H and O–H groups in total. The summed E-state index contributed by atoms with van der Waals surface area (Å²) in [4.78, 5) is 27.6. The van der Waals surface area contributed by atoms with Crippen molar-refractivity contribution in [3.8, 4) is 17.0 Å². The number of carboxylic acid groups (broad SMARTS) is 1. The first-order chi connectivity index (χ1) is 10.9. The summed E-state index contributed by atoms with van der Waals surface area (Å²) in [6.07, 6.45) is 3.23. The van der Waals surface area contributed by atoms with Gasteiger partial charge in [-0.3, -0.25) is 4.79 Å². The molecule has 1 aromatic carbocycles. The van der Waals surface area contributed by atoms with E-state index in [9.17, 15) is 14.7 Å². The molecule has 0 spiro atoms. The van der Waals surface area contributed by atoms with Crippen LogP contribution >= 0.6 is 0 Å². The van der Waals surface area contributed by atoms with Gasteiger partial charge in [-0.2, -0.15) is 0 Å². The van der Waals surface area contributed by atoms with Gasteiger partial charge in [0.2, 0.25) is 0 Å². The van der Waals surface area contributed by atoms with Crippen LogP contribution in [-0.4, -0.2) is 35.3 Å². The molecule has 0 atom stereocenters. The molecule has 1 aromatic heterocycles. The summed E-state index contributed by atoms with van der Waals surface area (Å²) in [7, 11) is 3.82. The fourth-order valence-electron chi connectivity index (χ4n) is 2.29. The van der Waals surface area contributed by atoms with Gasteiger partial charge in [-0.1, -0.05) is 24.3 Å². The molecule has 0 radical (unpaired) electrons. The van der Waals surface area contributed by atoms with Gasteiger partial charge in [-0.15, -0.1) is 0 Å². The third kappa shape index (κ3) is 3.11. The van der Waals surface area contributed by atoms with Crippen LogP contribution in [0.2, 0.25) is 0 Å². The van der Waals surface area contributed by atoms with Crippen LogP contribution in [0.15, 0.2) is 35.1 Å². The van der Waals surface area contributed by atoms with E-state index in [0.29, 0.717) is 11.3 Å². The molecule has 0 aliphatic carbocycles. The molecule has 2 aromatic rings. The lowest BCUT2D eigenvalue weighted by Crippen LogP contribution is -2.19. The number of aromatic nitrogens is 1. The number of hydrogen-bond donors (Lipinski definition) is 3. The second kappa shape index (κ2) is 6.39. The molecule has 0 aliphatic heterocycles. The molecule has 0 fully saturated rings. The number of rotatable bonds is 4. The molecule has 0 saturated heterocycles. The molecule has 120 valence electrons. The first kappa shape index (κ1) is 16.4. The van der Waals surface area contributed by atoms with Crippen molar-refractivity contribution in [3.63, 3.8) is 0 Å². The number of anilines is 1. The van der Waals surface area contributed by atoms with Gasteiger partial charge < -0.3 is 20.1 Å².